The number of nitrogens with zero attached hydrogens (tertiary/aromatic N) is 2. The van der Waals surface area contributed by atoms with Crippen LogP contribution in [0, 0.1) is 0 Å². The van der Waals surface area contributed by atoms with Gasteiger partial charge in [-0.2, -0.15) is 0 Å². The highest BCUT2D eigenvalue weighted by atomic mass is 35.5. The number of rotatable bonds is 3. The van der Waals surface area contributed by atoms with Gasteiger partial charge in [-0.25, -0.2) is 9.78 Å². The number of imidazole rings is 1. The molecule has 0 atom stereocenters. The highest BCUT2D eigenvalue weighted by Crippen LogP contribution is 2.29. The monoisotopic (exact) mass is 377 g/mol. The molecule has 0 unspecified atom stereocenters. The van der Waals surface area contributed by atoms with Crippen LogP contribution in [0.2, 0.25) is 5.02 Å². The first kappa shape index (κ1) is 16.9. The summed E-state index contributed by atoms with van der Waals surface area (Å²) in [6.07, 6.45) is 3.58. The molecule has 0 spiro atoms. The van der Waals surface area contributed by atoms with E-state index in [-0.39, 0.29) is 6.03 Å². The molecule has 6 nitrogen and oxygen atoms in total. The average Bonchev–Trinajstić information content (AvgIpc) is 3.06. The summed E-state index contributed by atoms with van der Waals surface area (Å²) in [6.45, 7) is 0. The molecule has 0 fully saturated rings. The Morgan fingerprint density at radius 1 is 1.00 bits per heavy atom. The zero-order valence-corrected chi connectivity index (χ0v) is 14.9. The van der Waals surface area contributed by atoms with Crippen molar-refractivity contribution < 1.29 is 4.79 Å². The molecule has 0 saturated heterocycles. The summed E-state index contributed by atoms with van der Waals surface area (Å²) in [5.74, 6) is 0.479. The Hall–Kier alpha value is -3.51. The predicted octanol–water partition coefficient (Wildman–Crippen LogP) is 4.88. The highest BCUT2D eigenvalue weighted by Gasteiger charge is 2.09. The van der Waals surface area contributed by atoms with Crippen molar-refractivity contribution >= 4 is 40.3 Å². The smallest absolute Gasteiger partial charge is 0.323 e. The van der Waals surface area contributed by atoms with Crippen molar-refractivity contribution in [3.8, 4) is 11.1 Å². The van der Waals surface area contributed by atoms with Gasteiger partial charge in [-0.1, -0.05) is 41.9 Å². The Labute approximate surface area is 160 Å². The van der Waals surface area contributed by atoms with Crippen LogP contribution in [0.4, 0.5) is 22.0 Å². The maximum absolute atomic E-state index is 12.2. The largest absolute Gasteiger partial charge is 0.382 e. The van der Waals surface area contributed by atoms with E-state index in [4.69, 9.17) is 17.3 Å². The van der Waals surface area contributed by atoms with Crippen LogP contribution < -0.4 is 16.4 Å². The number of nitrogen functional groups attached to an aromatic ring is 1. The van der Waals surface area contributed by atoms with Gasteiger partial charge in [0.25, 0.3) is 0 Å². The van der Waals surface area contributed by atoms with E-state index in [1.165, 1.54) is 0 Å². The number of nitrogens with two attached hydrogens (primary N) is 1. The first-order valence-corrected chi connectivity index (χ1v) is 8.64. The highest BCUT2D eigenvalue weighted by molar-refractivity contribution is 6.33. The lowest BCUT2D eigenvalue weighted by Crippen LogP contribution is -2.19. The van der Waals surface area contributed by atoms with E-state index in [2.05, 4.69) is 15.6 Å². The van der Waals surface area contributed by atoms with Gasteiger partial charge in [-0.3, -0.25) is 0 Å². The molecule has 4 aromatic rings. The van der Waals surface area contributed by atoms with Gasteiger partial charge in [0, 0.05) is 17.4 Å². The molecule has 7 heteroatoms. The number of amides is 2. The molecule has 4 rings (SSSR count). The van der Waals surface area contributed by atoms with Crippen LogP contribution in [0.3, 0.4) is 0 Å². The van der Waals surface area contributed by atoms with Crippen LogP contribution in [0.5, 0.6) is 0 Å². The summed E-state index contributed by atoms with van der Waals surface area (Å²) in [4.78, 5) is 16.3. The summed E-state index contributed by atoms with van der Waals surface area (Å²) >= 11 is 6.05. The Morgan fingerprint density at radius 3 is 2.56 bits per heavy atom. The second-order valence-electron chi connectivity index (χ2n) is 5.94. The quantitative estimate of drug-likeness (QED) is 0.475. The zero-order valence-electron chi connectivity index (χ0n) is 14.2. The lowest BCUT2D eigenvalue weighted by Gasteiger charge is -2.10. The molecule has 0 bridgehead atoms. The van der Waals surface area contributed by atoms with E-state index in [1.54, 1.807) is 30.6 Å². The number of urea groups is 1. The normalized spacial score (nSPS) is 10.7. The average molecular weight is 378 g/mol. The molecule has 0 aliphatic rings. The molecule has 2 amide bonds. The topological polar surface area (TPSA) is 84.4 Å². The number of benzene rings is 2. The van der Waals surface area contributed by atoms with Crippen LogP contribution in [0.25, 0.3) is 16.6 Å². The van der Waals surface area contributed by atoms with Gasteiger partial charge in [0.15, 0.2) is 0 Å². The van der Waals surface area contributed by atoms with E-state index >= 15 is 0 Å². The van der Waals surface area contributed by atoms with Gasteiger partial charge in [0.2, 0.25) is 0 Å². The Morgan fingerprint density at radius 2 is 1.78 bits per heavy atom. The first-order valence-electron chi connectivity index (χ1n) is 8.26. The maximum atomic E-state index is 12.2. The van der Waals surface area contributed by atoms with Crippen LogP contribution >= 0.6 is 11.6 Å². The van der Waals surface area contributed by atoms with E-state index in [9.17, 15) is 4.79 Å². The van der Waals surface area contributed by atoms with Crippen molar-refractivity contribution in [2.24, 2.45) is 0 Å². The number of aromatic nitrogens is 2. The lowest BCUT2D eigenvalue weighted by molar-refractivity contribution is 0.262. The Kier molecular flexibility index (Phi) is 4.40. The molecule has 0 radical (unpaired) electrons. The number of anilines is 3. The lowest BCUT2D eigenvalue weighted by atomic mass is 10.1. The van der Waals surface area contributed by atoms with E-state index < -0.39 is 0 Å². The van der Waals surface area contributed by atoms with Crippen molar-refractivity contribution in [2.45, 2.75) is 0 Å². The first-order chi connectivity index (χ1) is 13.1. The number of fused-ring (bicyclic) bond motifs is 1. The molecule has 0 saturated carbocycles. The standard InChI is InChI=1S/C20H16ClN5O/c21-16-5-1-2-6-17(16)25-20(27)24-14-9-7-13(8-10-14)15-4-3-11-26-12-23-19(22)18(15)26/h1-12H,22H2,(H2,24,25,27). The van der Waals surface area contributed by atoms with Crippen LogP contribution in [-0.2, 0) is 0 Å². The molecule has 2 aromatic heterocycles. The molecule has 0 aliphatic carbocycles. The predicted molar refractivity (Wildman–Crippen MR) is 109 cm³/mol. The fraction of sp³-hybridized carbons (Fsp3) is 0. The SMILES string of the molecule is Nc1ncn2cccc(-c3ccc(NC(=O)Nc4ccccc4Cl)cc3)c12. The summed E-state index contributed by atoms with van der Waals surface area (Å²) in [5.41, 5.74) is 10.0. The van der Waals surface area contributed by atoms with Gasteiger partial charge in [0.05, 0.1) is 16.2 Å². The number of carbonyl (C=O) groups excluding carboxylic acids is 1. The van der Waals surface area contributed by atoms with Gasteiger partial charge in [-0.15, -0.1) is 0 Å². The maximum Gasteiger partial charge on any atom is 0.323 e. The molecule has 27 heavy (non-hydrogen) atoms. The second kappa shape index (κ2) is 7.01. The molecular formula is C20H16ClN5O. The summed E-state index contributed by atoms with van der Waals surface area (Å²) in [6, 6.07) is 18.1. The Bertz CT molecular complexity index is 1120. The molecule has 2 aromatic carbocycles. The molecule has 0 aliphatic heterocycles. The third-order valence-corrected chi connectivity index (χ3v) is 4.49. The van der Waals surface area contributed by atoms with Crippen LogP contribution in [0.15, 0.2) is 73.2 Å². The number of halogens is 1. The van der Waals surface area contributed by atoms with Gasteiger partial charge in [0.1, 0.15) is 12.1 Å². The number of carbonyl (C=O) groups is 1. The number of hydrogen-bond acceptors (Lipinski definition) is 3. The third kappa shape index (κ3) is 3.43. The fourth-order valence-electron chi connectivity index (χ4n) is 2.89. The zero-order chi connectivity index (χ0) is 18.8. The summed E-state index contributed by atoms with van der Waals surface area (Å²) in [7, 11) is 0. The van der Waals surface area contributed by atoms with E-state index in [0.29, 0.717) is 22.2 Å². The van der Waals surface area contributed by atoms with Crippen molar-refractivity contribution in [3.05, 3.63) is 78.2 Å². The number of para-hydroxylation sites is 1. The summed E-state index contributed by atoms with van der Waals surface area (Å²) < 4.78 is 1.88. The molecule has 4 N–H and O–H groups in total. The minimum absolute atomic E-state index is 0.363. The van der Waals surface area contributed by atoms with E-state index in [1.807, 2.05) is 47.0 Å². The number of pyridine rings is 1. The molecule has 134 valence electrons. The van der Waals surface area contributed by atoms with Crippen LogP contribution in [-0.4, -0.2) is 15.4 Å². The van der Waals surface area contributed by atoms with Crippen molar-refractivity contribution in [1.29, 1.82) is 0 Å². The van der Waals surface area contributed by atoms with Crippen LogP contribution in [0.1, 0.15) is 0 Å². The summed E-state index contributed by atoms with van der Waals surface area (Å²) in [5, 5.41) is 5.99. The minimum atomic E-state index is -0.363. The van der Waals surface area contributed by atoms with Crippen molar-refractivity contribution in [2.75, 3.05) is 16.4 Å². The van der Waals surface area contributed by atoms with E-state index in [0.717, 1.165) is 16.6 Å². The van der Waals surface area contributed by atoms with Crippen molar-refractivity contribution in [1.82, 2.24) is 9.38 Å². The van der Waals surface area contributed by atoms with Gasteiger partial charge in [-0.05, 0) is 35.9 Å². The third-order valence-electron chi connectivity index (χ3n) is 4.16. The second-order valence-corrected chi connectivity index (χ2v) is 6.35. The van der Waals surface area contributed by atoms with Crippen molar-refractivity contribution in [3.63, 3.8) is 0 Å². The number of hydrogen-bond donors (Lipinski definition) is 3. The fourth-order valence-corrected chi connectivity index (χ4v) is 3.07. The minimum Gasteiger partial charge on any atom is -0.382 e. The molecule has 2 heterocycles. The van der Waals surface area contributed by atoms with Gasteiger partial charge >= 0.3 is 6.03 Å². The number of nitrogens with one attached hydrogen (secondary N) is 2. The Balaban J connectivity index is 1.53. The van der Waals surface area contributed by atoms with Gasteiger partial charge < -0.3 is 20.8 Å². The molecular weight excluding hydrogens is 362 g/mol.